The molecule has 2 fully saturated rings. The number of piperazine rings is 1. The third kappa shape index (κ3) is 2.68. The molecule has 0 radical (unpaired) electrons. The molecular weight excluding hydrogens is 252 g/mol. The summed E-state index contributed by atoms with van der Waals surface area (Å²) in [7, 11) is 2.12. The number of hydrogen-bond donors (Lipinski definition) is 1. The van der Waals surface area contributed by atoms with Crippen LogP contribution in [0.4, 0.5) is 0 Å². The molecule has 0 aromatic carbocycles. The zero-order valence-electron chi connectivity index (χ0n) is 10.9. The van der Waals surface area contributed by atoms with E-state index in [9.17, 15) is 0 Å². The predicted molar refractivity (Wildman–Crippen MR) is 70.9 cm³/mol. The van der Waals surface area contributed by atoms with Gasteiger partial charge in [-0.3, -0.25) is 4.90 Å². The van der Waals surface area contributed by atoms with E-state index in [0.717, 1.165) is 37.3 Å². The first-order chi connectivity index (χ1) is 8.25. The van der Waals surface area contributed by atoms with Crippen molar-refractivity contribution in [1.82, 2.24) is 20.4 Å². The summed E-state index contributed by atoms with van der Waals surface area (Å²) in [5.41, 5.74) is 0. The Labute approximate surface area is 114 Å². The first-order valence-electron chi connectivity index (χ1n) is 6.50. The van der Waals surface area contributed by atoms with Crippen molar-refractivity contribution < 1.29 is 4.52 Å². The minimum Gasteiger partial charge on any atom is -0.339 e. The van der Waals surface area contributed by atoms with Crippen LogP contribution in [0.2, 0.25) is 0 Å². The summed E-state index contributed by atoms with van der Waals surface area (Å²) in [4.78, 5) is 6.87. The summed E-state index contributed by atoms with van der Waals surface area (Å²) in [6, 6.07) is 0.257. The normalized spacial score (nSPS) is 26.7. The van der Waals surface area contributed by atoms with E-state index in [2.05, 4.69) is 34.3 Å². The van der Waals surface area contributed by atoms with Crippen LogP contribution in [-0.2, 0) is 0 Å². The zero-order valence-corrected chi connectivity index (χ0v) is 11.7. The SMILES string of the molecule is CC(c1nc(C2CNCCN2C)no1)C1CC1.Cl. The van der Waals surface area contributed by atoms with Crippen LogP contribution in [0, 0.1) is 5.92 Å². The first-order valence-corrected chi connectivity index (χ1v) is 6.50. The molecule has 1 saturated carbocycles. The summed E-state index contributed by atoms with van der Waals surface area (Å²) >= 11 is 0. The number of hydrogen-bond acceptors (Lipinski definition) is 5. The van der Waals surface area contributed by atoms with Gasteiger partial charge in [0.1, 0.15) is 0 Å². The first kappa shape index (κ1) is 13.8. The fourth-order valence-corrected chi connectivity index (χ4v) is 2.46. The Kier molecular flexibility index (Phi) is 4.25. The number of aromatic nitrogens is 2. The van der Waals surface area contributed by atoms with Crippen molar-refractivity contribution in [2.45, 2.75) is 31.7 Å². The second-order valence-electron chi connectivity index (χ2n) is 5.32. The maximum atomic E-state index is 5.41. The van der Waals surface area contributed by atoms with E-state index in [-0.39, 0.29) is 18.4 Å². The molecule has 0 bridgehead atoms. The van der Waals surface area contributed by atoms with Crippen molar-refractivity contribution in [3.8, 4) is 0 Å². The van der Waals surface area contributed by atoms with Gasteiger partial charge in [-0.25, -0.2) is 0 Å². The van der Waals surface area contributed by atoms with Crippen LogP contribution in [0.1, 0.15) is 43.4 Å². The summed E-state index contributed by atoms with van der Waals surface area (Å²) in [6.07, 6.45) is 2.62. The Bertz CT molecular complexity index is 393. The van der Waals surface area contributed by atoms with Gasteiger partial charge in [0.25, 0.3) is 0 Å². The number of nitrogens with zero attached hydrogens (tertiary/aromatic N) is 3. The summed E-state index contributed by atoms with van der Waals surface area (Å²) in [6.45, 7) is 5.17. The molecule has 1 N–H and O–H groups in total. The average molecular weight is 273 g/mol. The van der Waals surface area contributed by atoms with Gasteiger partial charge in [0.2, 0.25) is 5.89 Å². The molecule has 102 valence electrons. The van der Waals surface area contributed by atoms with Crippen LogP contribution in [0.3, 0.4) is 0 Å². The van der Waals surface area contributed by atoms with Gasteiger partial charge in [-0.2, -0.15) is 4.98 Å². The molecule has 2 atom stereocenters. The minimum absolute atomic E-state index is 0. The number of likely N-dealkylation sites (N-methyl/N-ethyl adjacent to an activating group) is 1. The van der Waals surface area contributed by atoms with Gasteiger partial charge in [0.15, 0.2) is 5.82 Å². The molecule has 1 aliphatic carbocycles. The molecule has 0 amide bonds. The second-order valence-corrected chi connectivity index (χ2v) is 5.32. The largest absolute Gasteiger partial charge is 0.339 e. The fourth-order valence-electron chi connectivity index (χ4n) is 2.46. The van der Waals surface area contributed by atoms with Gasteiger partial charge in [-0.05, 0) is 25.8 Å². The van der Waals surface area contributed by atoms with E-state index in [4.69, 9.17) is 4.52 Å². The lowest BCUT2D eigenvalue weighted by Crippen LogP contribution is -2.44. The molecule has 0 spiro atoms. The van der Waals surface area contributed by atoms with Crippen molar-refractivity contribution in [1.29, 1.82) is 0 Å². The maximum Gasteiger partial charge on any atom is 0.229 e. The van der Waals surface area contributed by atoms with Crippen LogP contribution in [0.5, 0.6) is 0 Å². The molecule has 5 nitrogen and oxygen atoms in total. The number of halogens is 1. The average Bonchev–Trinajstić information content (AvgIpc) is 3.07. The van der Waals surface area contributed by atoms with E-state index in [1.807, 2.05) is 0 Å². The standard InChI is InChI=1S/C12H20N4O.ClH/c1-8(9-3-4-9)12-14-11(15-17-12)10-7-13-5-6-16(10)2;/h8-10,13H,3-7H2,1-2H3;1H. The minimum atomic E-state index is 0. The van der Waals surface area contributed by atoms with E-state index in [0.29, 0.717) is 5.92 Å². The van der Waals surface area contributed by atoms with Crippen LogP contribution in [-0.4, -0.2) is 41.7 Å². The van der Waals surface area contributed by atoms with Gasteiger partial charge in [-0.15, -0.1) is 12.4 Å². The van der Waals surface area contributed by atoms with Crippen LogP contribution in [0.15, 0.2) is 4.52 Å². The van der Waals surface area contributed by atoms with Crippen molar-refractivity contribution >= 4 is 12.4 Å². The lowest BCUT2D eigenvalue weighted by atomic mass is 10.1. The highest BCUT2D eigenvalue weighted by Crippen LogP contribution is 2.41. The van der Waals surface area contributed by atoms with Crippen molar-refractivity contribution in [3.05, 3.63) is 11.7 Å². The molecule has 6 heteroatoms. The zero-order chi connectivity index (χ0) is 11.8. The molecule has 2 heterocycles. The van der Waals surface area contributed by atoms with Crippen LogP contribution >= 0.6 is 12.4 Å². The third-order valence-electron chi connectivity index (χ3n) is 3.99. The van der Waals surface area contributed by atoms with Gasteiger partial charge in [0.05, 0.1) is 6.04 Å². The Hall–Kier alpha value is -0.650. The number of nitrogens with one attached hydrogen (secondary N) is 1. The van der Waals surface area contributed by atoms with Gasteiger partial charge >= 0.3 is 0 Å². The lowest BCUT2D eigenvalue weighted by Gasteiger charge is -2.30. The number of rotatable bonds is 3. The van der Waals surface area contributed by atoms with Gasteiger partial charge in [0, 0.05) is 25.6 Å². The predicted octanol–water partition coefficient (Wildman–Crippen LogP) is 1.58. The molecule has 2 unspecified atom stereocenters. The maximum absolute atomic E-state index is 5.41. The van der Waals surface area contributed by atoms with Gasteiger partial charge < -0.3 is 9.84 Å². The lowest BCUT2D eigenvalue weighted by molar-refractivity contribution is 0.190. The Morgan fingerprint density at radius 3 is 2.89 bits per heavy atom. The molecule has 1 aliphatic heterocycles. The Balaban J connectivity index is 0.00000120. The Morgan fingerprint density at radius 1 is 1.44 bits per heavy atom. The topological polar surface area (TPSA) is 54.2 Å². The molecule has 1 saturated heterocycles. The molecule has 1 aromatic heterocycles. The van der Waals surface area contributed by atoms with E-state index in [1.54, 1.807) is 0 Å². The summed E-state index contributed by atoms with van der Waals surface area (Å²) < 4.78 is 5.41. The van der Waals surface area contributed by atoms with E-state index >= 15 is 0 Å². The molecule has 1 aromatic rings. The third-order valence-corrected chi connectivity index (χ3v) is 3.99. The van der Waals surface area contributed by atoms with Crippen molar-refractivity contribution in [2.24, 2.45) is 5.92 Å². The fraction of sp³-hybridized carbons (Fsp3) is 0.833. The monoisotopic (exact) mass is 272 g/mol. The summed E-state index contributed by atoms with van der Waals surface area (Å²) in [5.74, 6) is 2.85. The van der Waals surface area contributed by atoms with Crippen molar-refractivity contribution in [2.75, 3.05) is 26.7 Å². The van der Waals surface area contributed by atoms with Crippen molar-refractivity contribution in [3.63, 3.8) is 0 Å². The highest BCUT2D eigenvalue weighted by molar-refractivity contribution is 5.85. The Morgan fingerprint density at radius 2 is 2.22 bits per heavy atom. The summed E-state index contributed by atoms with van der Waals surface area (Å²) in [5, 5.41) is 7.53. The molecule has 3 rings (SSSR count). The molecule has 18 heavy (non-hydrogen) atoms. The van der Waals surface area contributed by atoms with E-state index < -0.39 is 0 Å². The highest BCUT2D eigenvalue weighted by Gasteiger charge is 2.33. The van der Waals surface area contributed by atoms with Crippen LogP contribution < -0.4 is 5.32 Å². The quantitative estimate of drug-likeness (QED) is 0.905. The molecule has 2 aliphatic rings. The van der Waals surface area contributed by atoms with E-state index in [1.165, 1.54) is 12.8 Å². The highest BCUT2D eigenvalue weighted by atomic mass is 35.5. The van der Waals surface area contributed by atoms with Gasteiger partial charge in [-0.1, -0.05) is 12.1 Å². The second kappa shape index (κ2) is 5.55. The smallest absolute Gasteiger partial charge is 0.229 e. The molecular formula is C12H21ClN4O. The van der Waals surface area contributed by atoms with Crippen LogP contribution in [0.25, 0.3) is 0 Å².